The molecule has 0 spiro atoms. The van der Waals surface area contributed by atoms with Crippen molar-refractivity contribution in [2.24, 2.45) is 17.8 Å². The van der Waals surface area contributed by atoms with E-state index >= 15 is 0 Å². The van der Waals surface area contributed by atoms with E-state index in [2.05, 4.69) is 21.5 Å². The number of nitrogens with one attached hydrogen (secondary N) is 4. The van der Waals surface area contributed by atoms with Gasteiger partial charge in [0.1, 0.15) is 0 Å². The van der Waals surface area contributed by atoms with Gasteiger partial charge in [0.15, 0.2) is 0 Å². The third-order valence-electron chi connectivity index (χ3n) is 6.25. The Morgan fingerprint density at radius 1 is 1.12 bits per heavy atom. The minimum Gasteiger partial charge on any atom is -0.393 e. The molecule has 2 aliphatic heterocycles. The van der Waals surface area contributed by atoms with Gasteiger partial charge in [0.2, 0.25) is 0 Å². The van der Waals surface area contributed by atoms with E-state index in [0.717, 1.165) is 38.8 Å². The first kappa shape index (κ1) is 19.5. The minimum atomic E-state index is -0.731. The van der Waals surface area contributed by atoms with Gasteiger partial charge in [-0.3, -0.25) is 10.7 Å². The number of aliphatic hydroxyl groups excluding tert-OH is 1. The molecular formula is C18H36N4O3. The Morgan fingerprint density at radius 3 is 2.60 bits per heavy atom. The van der Waals surface area contributed by atoms with E-state index in [1.165, 1.54) is 0 Å². The van der Waals surface area contributed by atoms with Gasteiger partial charge >= 0.3 is 0 Å². The van der Waals surface area contributed by atoms with Crippen LogP contribution in [0.25, 0.3) is 0 Å². The van der Waals surface area contributed by atoms with Crippen molar-refractivity contribution in [1.29, 1.82) is 0 Å². The van der Waals surface area contributed by atoms with Crippen LogP contribution in [0.4, 0.5) is 0 Å². The third-order valence-corrected chi connectivity index (χ3v) is 6.25. The summed E-state index contributed by atoms with van der Waals surface area (Å²) >= 11 is 0. The first-order valence-corrected chi connectivity index (χ1v) is 9.77. The highest BCUT2D eigenvalue weighted by molar-refractivity contribution is 5.00. The van der Waals surface area contributed by atoms with E-state index in [1.54, 1.807) is 7.11 Å². The van der Waals surface area contributed by atoms with E-state index in [1.807, 2.05) is 13.8 Å². The van der Waals surface area contributed by atoms with Gasteiger partial charge in [0, 0.05) is 38.1 Å². The van der Waals surface area contributed by atoms with Crippen molar-refractivity contribution in [3.8, 4) is 0 Å². The van der Waals surface area contributed by atoms with Crippen LogP contribution < -0.4 is 21.5 Å². The molecule has 7 nitrogen and oxygen atoms in total. The third kappa shape index (κ3) is 4.71. The van der Waals surface area contributed by atoms with Crippen LogP contribution in [0, 0.1) is 17.8 Å². The molecule has 0 aromatic heterocycles. The van der Waals surface area contributed by atoms with Crippen LogP contribution in [0.2, 0.25) is 0 Å². The minimum absolute atomic E-state index is 0.118. The predicted molar refractivity (Wildman–Crippen MR) is 96.8 cm³/mol. The number of aliphatic hydroxyl groups is 2. The largest absolute Gasteiger partial charge is 0.393 e. The zero-order chi connectivity index (χ0) is 18.0. The summed E-state index contributed by atoms with van der Waals surface area (Å²) in [6.45, 7) is 6.17. The van der Waals surface area contributed by atoms with Crippen molar-refractivity contribution in [2.45, 2.75) is 69.5 Å². The smallest absolute Gasteiger partial charge is 0.0749 e. The first-order chi connectivity index (χ1) is 11.9. The quantitative estimate of drug-likeness (QED) is 0.397. The summed E-state index contributed by atoms with van der Waals surface area (Å²) in [5.41, 5.74) is 6.21. The lowest BCUT2D eigenvalue weighted by Gasteiger charge is -2.51. The Kier molecular flexibility index (Phi) is 6.36. The summed E-state index contributed by atoms with van der Waals surface area (Å²) in [6, 6.07) is 0.278. The van der Waals surface area contributed by atoms with Crippen molar-refractivity contribution in [3.63, 3.8) is 0 Å². The molecular weight excluding hydrogens is 320 g/mol. The van der Waals surface area contributed by atoms with Crippen LogP contribution in [0.3, 0.4) is 0 Å². The van der Waals surface area contributed by atoms with Gasteiger partial charge in [-0.05, 0) is 52.0 Å². The number of methoxy groups -OCH3 is 1. The number of fused-ring (bicyclic) bond motifs is 1. The van der Waals surface area contributed by atoms with E-state index < -0.39 is 5.60 Å². The second-order valence-corrected chi connectivity index (χ2v) is 8.71. The lowest BCUT2D eigenvalue weighted by molar-refractivity contribution is -0.0602. The number of rotatable bonds is 5. The van der Waals surface area contributed by atoms with Gasteiger partial charge in [-0.1, -0.05) is 0 Å². The summed E-state index contributed by atoms with van der Waals surface area (Å²) in [6.07, 6.45) is 3.86. The monoisotopic (exact) mass is 356 g/mol. The van der Waals surface area contributed by atoms with Crippen molar-refractivity contribution >= 4 is 0 Å². The highest BCUT2D eigenvalue weighted by atomic mass is 16.5. The number of hydrazine groups is 1. The molecule has 1 saturated carbocycles. The molecule has 3 fully saturated rings. The summed E-state index contributed by atoms with van der Waals surface area (Å²) < 4.78 is 5.44. The van der Waals surface area contributed by atoms with Crippen molar-refractivity contribution < 1.29 is 14.9 Å². The average Bonchev–Trinajstić information content (AvgIpc) is 2.59. The molecule has 7 heteroatoms. The molecule has 0 bridgehead atoms. The molecule has 0 aromatic rings. The SMILES string of the molecule is COC1CCC(C2NNC(NCC(C)(C)O)C3CNCCC32)C(O)C1. The van der Waals surface area contributed by atoms with Gasteiger partial charge in [-0.25, -0.2) is 5.43 Å². The van der Waals surface area contributed by atoms with Crippen LogP contribution in [-0.2, 0) is 4.74 Å². The Labute approximate surface area is 151 Å². The molecule has 0 amide bonds. The molecule has 3 rings (SSSR count). The van der Waals surface area contributed by atoms with Crippen LogP contribution in [-0.4, -0.2) is 67.0 Å². The fraction of sp³-hybridized carbons (Fsp3) is 1.00. The summed E-state index contributed by atoms with van der Waals surface area (Å²) in [5, 5.41) is 27.7. The highest BCUT2D eigenvalue weighted by Gasteiger charge is 2.46. The van der Waals surface area contributed by atoms with E-state index in [0.29, 0.717) is 18.4 Å². The molecule has 0 aromatic carbocycles. The molecule has 1 aliphatic carbocycles. The maximum atomic E-state index is 10.7. The molecule has 25 heavy (non-hydrogen) atoms. The molecule has 2 heterocycles. The van der Waals surface area contributed by atoms with Crippen molar-refractivity contribution in [2.75, 3.05) is 26.7 Å². The zero-order valence-corrected chi connectivity index (χ0v) is 15.8. The molecule has 0 radical (unpaired) electrons. The molecule has 7 atom stereocenters. The van der Waals surface area contributed by atoms with E-state index in [-0.39, 0.29) is 30.3 Å². The normalized spacial score (nSPS) is 42.8. The topological polar surface area (TPSA) is 97.8 Å². The first-order valence-electron chi connectivity index (χ1n) is 9.77. The maximum Gasteiger partial charge on any atom is 0.0749 e. The summed E-state index contributed by atoms with van der Waals surface area (Å²) in [7, 11) is 1.74. The highest BCUT2D eigenvalue weighted by Crippen LogP contribution is 2.37. The summed E-state index contributed by atoms with van der Waals surface area (Å²) in [4.78, 5) is 0. The number of hydrogen-bond donors (Lipinski definition) is 6. The van der Waals surface area contributed by atoms with Crippen LogP contribution in [0.1, 0.15) is 39.5 Å². The molecule has 7 unspecified atom stereocenters. The molecule has 146 valence electrons. The number of ether oxygens (including phenoxy) is 1. The van der Waals surface area contributed by atoms with Gasteiger partial charge < -0.3 is 20.3 Å². The average molecular weight is 357 g/mol. The Morgan fingerprint density at radius 2 is 1.92 bits per heavy atom. The molecule has 2 saturated heterocycles. The Hall–Kier alpha value is -0.280. The van der Waals surface area contributed by atoms with Crippen LogP contribution >= 0.6 is 0 Å². The van der Waals surface area contributed by atoms with Gasteiger partial charge in [-0.15, -0.1) is 0 Å². The van der Waals surface area contributed by atoms with Gasteiger partial charge in [-0.2, -0.15) is 0 Å². The van der Waals surface area contributed by atoms with E-state index in [4.69, 9.17) is 4.74 Å². The van der Waals surface area contributed by atoms with Crippen molar-refractivity contribution in [1.82, 2.24) is 21.5 Å². The van der Waals surface area contributed by atoms with Crippen LogP contribution in [0.15, 0.2) is 0 Å². The Bertz CT molecular complexity index is 431. The fourth-order valence-electron chi connectivity index (χ4n) is 4.87. The van der Waals surface area contributed by atoms with Gasteiger partial charge in [0.25, 0.3) is 0 Å². The maximum absolute atomic E-state index is 10.7. The molecule has 6 N–H and O–H groups in total. The zero-order valence-electron chi connectivity index (χ0n) is 15.8. The van der Waals surface area contributed by atoms with Crippen LogP contribution in [0.5, 0.6) is 0 Å². The van der Waals surface area contributed by atoms with Gasteiger partial charge in [0.05, 0.1) is 24.0 Å². The lowest BCUT2D eigenvalue weighted by Crippen LogP contribution is -2.71. The number of piperidine rings is 1. The number of hydrogen-bond acceptors (Lipinski definition) is 7. The fourth-order valence-corrected chi connectivity index (χ4v) is 4.87. The predicted octanol–water partition coefficient (Wildman–Crippen LogP) is -0.449. The molecule has 3 aliphatic rings. The second-order valence-electron chi connectivity index (χ2n) is 8.71. The summed E-state index contributed by atoms with van der Waals surface area (Å²) in [5.74, 6) is 1.22. The standard InChI is InChI=1S/C18H36N4O3/c1-18(2,24)10-20-17-14-9-19-7-6-12(14)16(21-22-17)13-5-4-11(25-3)8-15(13)23/h11-17,19-24H,4-10H2,1-3H3. The van der Waals surface area contributed by atoms with E-state index in [9.17, 15) is 10.2 Å². The Balaban J connectivity index is 1.65. The lowest BCUT2D eigenvalue weighted by atomic mass is 9.69. The second kappa shape index (κ2) is 8.17. The van der Waals surface area contributed by atoms with Crippen molar-refractivity contribution in [3.05, 3.63) is 0 Å².